The molecule has 1 aliphatic heterocycles. The lowest BCUT2D eigenvalue weighted by Crippen LogP contribution is -2.38. The van der Waals surface area contributed by atoms with Crippen molar-refractivity contribution in [3.05, 3.63) is 22.0 Å². The highest BCUT2D eigenvalue weighted by atomic mass is 16.6. The molecule has 1 N–H and O–H groups in total. The largest absolute Gasteiger partial charge is 0.379 e. The van der Waals surface area contributed by atoms with Gasteiger partial charge < -0.3 is 10.1 Å². The highest BCUT2D eigenvalue weighted by molar-refractivity contribution is 5.79. The van der Waals surface area contributed by atoms with Crippen LogP contribution in [0, 0.1) is 17.0 Å². The van der Waals surface area contributed by atoms with Crippen molar-refractivity contribution in [3.63, 3.8) is 0 Å². The molecule has 1 atom stereocenters. The van der Waals surface area contributed by atoms with Gasteiger partial charge in [-0.3, -0.25) is 24.5 Å². The number of hydrogen-bond acceptors (Lipinski definition) is 6. The predicted octanol–water partition coefficient (Wildman–Crippen LogP) is 0.499. The predicted molar refractivity (Wildman–Crippen MR) is 83.2 cm³/mol. The van der Waals surface area contributed by atoms with Gasteiger partial charge in [0, 0.05) is 19.6 Å². The maximum Gasteiger partial charge on any atom is 0.309 e. The first-order valence-corrected chi connectivity index (χ1v) is 7.77. The first kappa shape index (κ1) is 17.4. The van der Waals surface area contributed by atoms with Gasteiger partial charge in [-0.15, -0.1) is 0 Å². The van der Waals surface area contributed by atoms with Crippen molar-refractivity contribution in [1.82, 2.24) is 20.0 Å². The quantitative estimate of drug-likeness (QED) is 0.445. The Kier molecular flexibility index (Phi) is 6.05. The lowest BCUT2D eigenvalue weighted by molar-refractivity contribution is -0.385. The van der Waals surface area contributed by atoms with Gasteiger partial charge in [0.2, 0.25) is 5.91 Å². The summed E-state index contributed by atoms with van der Waals surface area (Å²) >= 11 is 0. The van der Waals surface area contributed by atoms with Crippen LogP contribution in [0.4, 0.5) is 5.69 Å². The Bertz CT molecular complexity index is 553. The Morgan fingerprint density at radius 3 is 2.83 bits per heavy atom. The maximum absolute atomic E-state index is 12.1. The highest BCUT2D eigenvalue weighted by Gasteiger charge is 2.21. The number of morpholine rings is 1. The summed E-state index contributed by atoms with van der Waals surface area (Å²) < 4.78 is 6.62. The van der Waals surface area contributed by atoms with E-state index in [0.717, 1.165) is 39.3 Å². The van der Waals surface area contributed by atoms with Crippen LogP contribution in [0.25, 0.3) is 0 Å². The van der Waals surface area contributed by atoms with E-state index in [2.05, 4.69) is 15.3 Å². The molecule has 0 aromatic carbocycles. The maximum atomic E-state index is 12.1. The van der Waals surface area contributed by atoms with Gasteiger partial charge in [0.15, 0.2) is 0 Å². The summed E-state index contributed by atoms with van der Waals surface area (Å²) in [6.07, 6.45) is 2.16. The average Bonchev–Trinajstić information content (AvgIpc) is 2.93. The molecular weight excluding hydrogens is 302 g/mol. The highest BCUT2D eigenvalue weighted by Crippen LogP contribution is 2.18. The van der Waals surface area contributed by atoms with Crippen molar-refractivity contribution in [2.24, 2.45) is 0 Å². The van der Waals surface area contributed by atoms with E-state index in [0.29, 0.717) is 12.2 Å². The van der Waals surface area contributed by atoms with Crippen molar-refractivity contribution in [3.8, 4) is 0 Å². The Labute approximate surface area is 134 Å². The molecule has 1 aromatic rings. The van der Waals surface area contributed by atoms with Crippen molar-refractivity contribution < 1.29 is 14.5 Å². The lowest BCUT2D eigenvalue weighted by Gasteiger charge is -2.26. The second kappa shape index (κ2) is 8.02. The Morgan fingerprint density at radius 2 is 2.22 bits per heavy atom. The van der Waals surface area contributed by atoms with E-state index < -0.39 is 11.0 Å². The zero-order chi connectivity index (χ0) is 16.8. The third-order valence-corrected chi connectivity index (χ3v) is 3.92. The molecule has 9 heteroatoms. The standard InChI is InChI=1S/C14H23N5O4/c1-11-13(19(21)22)10-18(16-11)12(2)14(20)15-4-3-5-17-6-8-23-9-7-17/h10,12H,3-9H2,1-2H3,(H,15,20). The van der Waals surface area contributed by atoms with Crippen LogP contribution in [-0.4, -0.2) is 64.9 Å². The number of nitrogens with zero attached hydrogens (tertiary/aromatic N) is 4. The third kappa shape index (κ3) is 4.73. The smallest absolute Gasteiger partial charge is 0.309 e. The molecule has 1 amide bonds. The van der Waals surface area contributed by atoms with Crippen molar-refractivity contribution in [2.45, 2.75) is 26.3 Å². The minimum Gasteiger partial charge on any atom is -0.379 e. The number of ether oxygens (including phenoxy) is 1. The lowest BCUT2D eigenvalue weighted by atomic mass is 10.3. The van der Waals surface area contributed by atoms with Crippen LogP contribution >= 0.6 is 0 Å². The monoisotopic (exact) mass is 325 g/mol. The normalized spacial score (nSPS) is 17.0. The first-order valence-electron chi connectivity index (χ1n) is 7.77. The van der Waals surface area contributed by atoms with E-state index in [1.54, 1.807) is 13.8 Å². The molecule has 128 valence electrons. The molecule has 0 aliphatic carbocycles. The van der Waals surface area contributed by atoms with E-state index in [1.165, 1.54) is 10.9 Å². The van der Waals surface area contributed by atoms with Gasteiger partial charge in [-0.05, 0) is 26.8 Å². The zero-order valence-corrected chi connectivity index (χ0v) is 13.5. The van der Waals surface area contributed by atoms with Gasteiger partial charge in [0.1, 0.15) is 17.9 Å². The molecule has 0 radical (unpaired) electrons. The number of aryl methyl sites for hydroxylation is 1. The van der Waals surface area contributed by atoms with Crippen LogP contribution in [0.2, 0.25) is 0 Å². The molecule has 2 heterocycles. The fourth-order valence-corrected chi connectivity index (χ4v) is 2.46. The van der Waals surface area contributed by atoms with Crippen molar-refractivity contribution in [2.75, 3.05) is 39.4 Å². The molecule has 1 fully saturated rings. The summed E-state index contributed by atoms with van der Waals surface area (Å²) in [6.45, 7) is 8.12. The molecule has 23 heavy (non-hydrogen) atoms. The zero-order valence-electron chi connectivity index (χ0n) is 13.5. The van der Waals surface area contributed by atoms with Gasteiger partial charge in [-0.25, -0.2) is 0 Å². The van der Waals surface area contributed by atoms with Crippen molar-refractivity contribution >= 4 is 11.6 Å². The third-order valence-electron chi connectivity index (χ3n) is 3.92. The second-order valence-electron chi connectivity index (χ2n) is 5.61. The van der Waals surface area contributed by atoms with Gasteiger partial charge in [0.05, 0.1) is 18.1 Å². The summed E-state index contributed by atoms with van der Waals surface area (Å²) in [5.74, 6) is -0.190. The summed E-state index contributed by atoms with van der Waals surface area (Å²) in [5, 5.41) is 17.7. The van der Waals surface area contributed by atoms with Crippen molar-refractivity contribution in [1.29, 1.82) is 0 Å². The summed E-state index contributed by atoms with van der Waals surface area (Å²) in [7, 11) is 0. The number of hydrogen-bond donors (Lipinski definition) is 1. The molecule has 0 spiro atoms. The SMILES string of the molecule is Cc1nn(C(C)C(=O)NCCCN2CCOCC2)cc1[N+](=O)[O-]. The minimum absolute atomic E-state index is 0.0723. The van der Waals surface area contributed by atoms with E-state index in [4.69, 9.17) is 4.74 Å². The number of carbonyl (C=O) groups excluding carboxylic acids is 1. The first-order chi connectivity index (χ1) is 11.0. The van der Waals surface area contributed by atoms with E-state index >= 15 is 0 Å². The number of amides is 1. The Balaban J connectivity index is 1.76. The molecule has 9 nitrogen and oxygen atoms in total. The van der Waals surface area contributed by atoms with Crippen LogP contribution in [-0.2, 0) is 9.53 Å². The van der Waals surface area contributed by atoms with Gasteiger partial charge in [-0.2, -0.15) is 5.10 Å². The molecule has 1 saturated heterocycles. The van der Waals surface area contributed by atoms with Gasteiger partial charge in [-0.1, -0.05) is 0 Å². The van der Waals surface area contributed by atoms with Gasteiger partial charge in [0.25, 0.3) is 0 Å². The Hall–Kier alpha value is -2.00. The molecule has 1 aliphatic rings. The second-order valence-corrected chi connectivity index (χ2v) is 5.61. The summed E-state index contributed by atoms with van der Waals surface area (Å²) in [6, 6.07) is -0.578. The Morgan fingerprint density at radius 1 is 1.52 bits per heavy atom. The molecule has 2 rings (SSSR count). The number of aromatic nitrogens is 2. The minimum atomic E-state index is -0.578. The van der Waals surface area contributed by atoms with Crippen LogP contribution < -0.4 is 5.32 Å². The van der Waals surface area contributed by atoms with E-state index in [9.17, 15) is 14.9 Å². The van der Waals surface area contributed by atoms with Crippen LogP contribution in [0.1, 0.15) is 25.1 Å². The number of rotatable bonds is 7. The summed E-state index contributed by atoms with van der Waals surface area (Å²) in [4.78, 5) is 24.7. The van der Waals surface area contributed by atoms with E-state index in [1.807, 2.05) is 0 Å². The molecule has 0 bridgehead atoms. The fourth-order valence-electron chi connectivity index (χ4n) is 2.46. The topological polar surface area (TPSA) is 103 Å². The summed E-state index contributed by atoms with van der Waals surface area (Å²) in [5.41, 5.74) is 0.235. The van der Waals surface area contributed by atoms with Crippen LogP contribution in [0.15, 0.2) is 6.20 Å². The fraction of sp³-hybridized carbons (Fsp3) is 0.714. The number of nitrogens with one attached hydrogen (secondary N) is 1. The molecule has 0 saturated carbocycles. The molecule has 1 unspecified atom stereocenters. The van der Waals surface area contributed by atoms with E-state index in [-0.39, 0.29) is 11.6 Å². The number of nitro groups is 1. The molecular formula is C14H23N5O4. The van der Waals surface area contributed by atoms with Crippen LogP contribution in [0.3, 0.4) is 0 Å². The molecule has 1 aromatic heterocycles. The average molecular weight is 325 g/mol. The van der Waals surface area contributed by atoms with Gasteiger partial charge >= 0.3 is 5.69 Å². The van der Waals surface area contributed by atoms with Crippen LogP contribution in [0.5, 0.6) is 0 Å². The number of carbonyl (C=O) groups is 1.